The summed E-state index contributed by atoms with van der Waals surface area (Å²) in [4.78, 5) is 0. The van der Waals surface area contributed by atoms with Gasteiger partial charge in [0.05, 0.1) is 0 Å². The molecule has 0 aliphatic carbocycles. The van der Waals surface area contributed by atoms with Gasteiger partial charge < -0.3 is 17.2 Å². The SMILES string of the molecule is NC(N)=NN=C(c1ccccc1)c1ccc(N)cc1. The second-order valence-corrected chi connectivity index (χ2v) is 3.96. The van der Waals surface area contributed by atoms with Gasteiger partial charge >= 0.3 is 0 Å². The molecule has 96 valence electrons. The third kappa shape index (κ3) is 3.32. The summed E-state index contributed by atoms with van der Waals surface area (Å²) in [6, 6.07) is 17.0. The van der Waals surface area contributed by atoms with E-state index in [-0.39, 0.29) is 5.96 Å². The van der Waals surface area contributed by atoms with Crippen LogP contribution in [0.5, 0.6) is 0 Å². The van der Waals surface area contributed by atoms with Crippen LogP contribution in [0.2, 0.25) is 0 Å². The van der Waals surface area contributed by atoms with E-state index in [0.29, 0.717) is 11.4 Å². The van der Waals surface area contributed by atoms with Gasteiger partial charge in [-0.15, -0.1) is 10.2 Å². The molecule has 5 nitrogen and oxygen atoms in total. The van der Waals surface area contributed by atoms with Crippen LogP contribution in [-0.4, -0.2) is 11.7 Å². The fraction of sp³-hybridized carbons (Fsp3) is 0. The van der Waals surface area contributed by atoms with Crippen molar-refractivity contribution in [2.75, 3.05) is 5.73 Å². The molecule has 6 N–H and O–H groups in total. The van der Waals surface area contributed by atoms with E-state index >= 15 is 0 Å². The molecule has 0 saturated heterocycles. The lowest BCUT2D eigenvalue weighted by atomic mass is 10.0. The Labute approximate surface area is 111 Å². The van der Waals surface area contributed by atoms with Crippen molar-refractivity contribution < 1.29 is 0 Å². The quantitative estimate of drug-likeness (QED) is 0.332. The molecule has 2 aromatic carbocycles. The highest BCUT2D eigenvalue weighted by Gasteiger charge is 2.06. The van der Waals surface area contributed by atoms with Crippen molar-refractivity contribution in [3.05, 3.63) is 65.7 Å². The smallest absolute Gasteiger partial charge is 0.211 e. The number of benzene rings is 2. The van der Waals surface area contributed by atoms with Gasteiger partial charge in [0.1, 0.15) is 5.71 Å². The number of anilines is 1. The summed E-state index contributed by atoms with van der Waals surface area (Å²) < 4.78 is 0. The van der Waals surface area contributed by atoms with E-state index in [2.05, 4.69) is 10.2 Å². The molecule has 0 fully saturated rings. The van der Waals surface area contributed by atoms with Crippen molar-refractivity contribution in [1.29, 1.82) is 0 Å². The van der Waals surface area contributed by atoms with Crippen molar-refractivity contribution in [2.45, 2.75) is 0 Å². The van der Waals surface area contributed by atoms with Gasteiger partial charge in [-0.1, -0.05) is 42.5 Å². The maximum absolute atomic E-state index is 5.68. The van der Waals surface area contributed by atoms with Gasteiger partial charge in [0.25, 0.3) is 0 Å². The Bertz CT molecular complexity index is 595. The van der Waals surface area contributed by atoms with E-state index in [9.17, 15) is 0 Å². The molecule has 0 bridgehead atoms. The minimum absolute atomic E-state index is 0.0797. The van der Waals surface area contributed by atoms with Gasteiger partial charge in [0.15, 0.2) is 0 Å². The molecule has 19 heavy (non-hydrogen) atoms. The molecule has 2 rings (SSSR count). The van der Waals surface area contributed by atoms with Crippen LogP contribution in [0.15, 0.2) is 64.8 Å². The Kier molecular flexibility index (Phi) is 3.78. The molecular weight excluding hydrogens is 238 g/mol. The second kappa shape index (κ2) is 5.68. The second-order valence-electron chi connectivity index (χ2n) is 3.96. The zero-order valence-corrected chi connectivity index (χ0v) is 10.3. The zero-order valence-electron chi connectivity index (χ0n) is 10.3. The Morgan fingerprint density at radius 3 is 1.89 bits per heavy atom. The maximum atomic E-state index is 5.68. The van der Waals surface area contributed by atoms with Crippen LogP contribution in [0, 0.1) is 0 Å². The first-order chi connectivity index (χ1) is 9.16. The number of nitrogens with two attached hydrogens (primary N) is 3. The molecule has 5 heteroatoms. The standard InChI is InChI=1S/C14H15N5/c15-12-8-6-11(7-9-12)13(18-19-14(16)17)10-4-2-1-3-5-10/h1-9H,15H2,(H4,16,17,19). The monoisotopic (exact) mass is 253 g/mol. The fourth-order valence-electron chi connectivity index (χ4n) is 1.63. The van der Waals surface area contributed by atoms with Gasteiger partial charge in [-0.25, -0.2) is 0 Å². The molecule has 0 aromatic heterocycles. The number of rotatable bonds is 3. The predicted octanol–water partition coefficient (Wildman–Crippen LogP) is 1.29. The van der Waals surface area contributed by atoms with Crippen molar-refractivity contribution in [2.24, 2.45) is 21.7 Å². The van der Waals surface area contributed by atoms with Gasteiger partial charge in [-0.2, -0.15) is 0 Å². The number of guanidine groups is 1. The molecule has 0 aliphatic rings. The minimum Gasteiger partial charge on any atom is -0.399 e. The molecule has 2 aromatic rings. The summed E-state index contributed by atoms with van der Waals surface area (Å²) in [5.41, 5.74) is 19.5. The third-order valence-corrected chi connectivity index (χ3v) is 2.50. The van der Waals surface area contributed by atoms with Crippen LogP contribution >= 0.6 is 0 Å². The van der Waals surface area contributed by atoms with Gasteiger partial charge in [0.2, 0.25) is 5.96 Å². The van der Waals surface area contributed by atoms with E-state index in [1.807, 2.05) is 54.6 Å². The van der Waals surface area contributed by atoms with E-state index in [4.69, 9.17) is 17.2 Å². The highest BCUT2D eigenvalue weighted by atomic mass is 15.3. The van der Waals surface area contributed by atoms with Crippen LogP contribution in [0.1, 0.15) is 11.1 Å². The summed E-state index contributed by atoms with van der Waals surface area (Å²) in [5, 5.41) is 7.84. The van der Waals surface area contributed by atoms with Gasteiger partial charge in [-0.05, 0) is 12.1 Å². The largest absolute Gasteiger partial charge is 0.399 e. The molecule has 0 spiro atoms. The lowest BCUT2D eigenvalue weighted by Crippen LogP contribution is -2.22. The Balaban J connectivity index is 2.49. The normalized spacial score (nSPS) is 11.1. The van der Waals surface area contributed by atoms with E-state index in [1.165, 1.54) is 0 Å². The van der Waals surface area contributed by atoms with Crippen molar-refractivity contribution in [1.82, 2.24) is 0 Å². The van der Waals surface area contributed by atoms with Crippen molar-refractivity contribution in [3.8, 4) is 0 Å². The first-order valence-corrected chi connectivity index (χ1v) is 5.75. The molecule has 0 aliphatic heterocycles. The Morgan fingerprint density at radius 2 is 1.32 bits per heavy atom. The lowest BCUT2D eigenvalue weighted by molar-refractivity contribution is 1.20. The summed E-state index contributed by atoms with van der Waals surface area (Å²) in [6.07, 6.45) is 0. The van der Waals surface area contributed by atoms with Crippen LogP contribution in [0.4, 0.5) is 5.69 Å². The molecule has 0 saturated carbocycles. The molecule has 0 amide bonds. The number of nitrogens with zero attached hydrogens (tertiary/aromatic N) is 2. The lowest BCUT2D eigenvalue weighted by Gasteiger charge is -2.06. The molecule has 0 heterocycles. The fourth-order valence-corrected chi connectivity index (χ4v) is 1.63. The average Bonchev–Trinajstić information content (AvgIpc) is 2.42. The zero-order chi connectivity index (χ0) is 13.7. The maximum Gasteiger partial charge on any atom is 0.211 e. The highest BCUT2D eigenvalue weighted by Crippen LogP contribution is 2.13. The number of nitrogen functional groups attached to an aromatic ring is 1. The van der Waals surface area contributed by atoms with Gasteiger partial charge in [-0.3, -0.25) is 0 Å². The third-order valence-electron chi connectivity index (χ3n) is 2.50. The summed E-state index contributed by atoms with van der Waals surface area (Å²) in [5.74, 6) is -0.0797. The first-order valence-electron chi connectivity index (χ1n) is 5.75. The molecule has 0 atom stereocenters. The molecule has 0 radical (unpaired) electrons. The topological polar surface area (TPSA) is 103 Å². The number of hydrogen-bond acceptors (Lipinski definition) is 3. The average molecular weight is 253 g/mol. The molecule has 0 unspecified atom stereocenters. The van der Waals surface area contributed by atoms with Crippen molar-refractivity contribution >= 4 is 17.4 Å². The predicted molar refractivity (Wildman–Crippen MR) is 78.7 cm³/mol. The van der Waals surface area contributed by atoms with Crippen LogP contribution in [0.3, 0.4) is 0 Å². The first kappa shape index (κ1) is 12.6. The van der Waals surface area contributed by atoms with Gasteiger partial charge in [0, 0.05) is 16.8 Å². The highest BCUT2D eigenvalue weighted by molar-refractivity contribution is 6.13. The van der Waals surface area contributed by atoms with E-state index < -0.39 is 0 Å². The summed E-state index contributed by atoms with van der Waals surface area (Å²) >= 11 is 0. The van der Waals surface area contributed by atoms with Crippen LogP contribution in [0.25, 0.3) is 0 Å². The van der Waals surface area contributed by atoms with Crippen molar-refractivity contribution in [3.63, 3.8) is 0 Å². The van der Waals surface area contributed by atoms with Crippen LogP contribution in [-0.2, 0) is 0 Å². The Hall–Kier alpha value is -2.82. The van der Waals surface area contributed by atoms with Crippen LogP contribution < -0.4 is 17.2 Å². The minimum atomic E-state index is -0.0797. The summed E-state index contributed by atoms with van der Waals surface area (Å²) in [6.45, 7) is 0. The number of hydrogen-bond donors (Lipinski definition) is 3. The van der Waals surface area contributed by atoms with E-state index in [0.717, 1.165) is 11.1 Å². The van der Waals surface area contributed by atoms with E-state index in [1.54, 1.807) is 0 Å². The molecular formula is C14H15N5. The summed E-state index contributed by atoms with van der Waals surface area (Å²) in [7, 11) is 0. The Morgan fingerprint density at radius 1 is 0.737 bits per heavy atom.